The smallest absolute Gasteiger partial charge is 0.356 e. The van der Waals surface area contributed by atoms with Gasteiger partial charge in [-0.25, -0.2) is 23.2 Å². The summed E-state index contributed by atoms with van der Waals surface area (Å²) in [7, 11) is -3.54. The van der Waals surface area contributed by atoms with E-state index in [0.29, 0.717) is 42.8 Å². The number of carboxylic acid groups (broad SMARTS) is 1. The molecular formula is C18H22N4O4S. The monoisotopic (exact) mass is 390 g/mol. The largest absolute Gasteiger partial charge is 0.476 e. The molecule has 8 nitrogen and oxygen atoms in total. The molecule has 0 radical (unpaired) electrons. The number of sulfonamides is 1. The molecule has 1 aromatic heterocycles. The number of hydrogen-bond donors (Lipinski definition) is 1. The van der Waals surface area contributed by atoms with Gasteiger partial charge in [-0.2, -0.15) is 4.31 Å². The van der Waals surface area contributed by atoms with E-state index in [9.17, 15) is 13.2 Å². The van der Waals surface area contributed by atoms with Crippen LogP contribution in [0.3, 0.4) is 0 Å². The first-order valence-electron chi connectivity index (χ1n) is 8.69. The van der Waals surface area contributed by atoms with Gasteiger partial charge in [-0.15, -0.1) is 0 Å². The third kappa shape index (κ3) is 4.09. The fourth-order valence-electron chi connectivity index (χ4n) is 2.93. The normalized spacial score (nSPS) is 15.9. The summed E-state index contributed by atoms with van der Waals surface area (Å²) in [5, 5.41) is 8.88. The molecule has 27 heavy (non-hydrogen) atoms. The number of aromatic nitrogens is 2. The number of aromatic carboxylic acids is 1. The Labute approximate surface area is 158 Å². The number of nitrogens with zero attached hydrogens (tertiary/aromatic N) is 4. The lowest BCUT2D eigenvalue weighted by molar-refractivity contribution is 0.0690. The summed E-state index contributed by atoms with van der Waals surface area (Å²) in [4.78, 5) is 21.0. The highest BCUT2D eigenvalue weighted by Gasteiger charge is 2.29. The van der Waals surface area contributed by atoms with Crippen LogP contribution < -0.4 is 4.90 Å². The van der Waals surface area contributed by atoms with Crippen LogP contribution in [0.25, 0.3) is 0 Å². The Morgan fingerprint density at radius 1 is 1.04 bits per heavy atom. The summed E-state index contributed by atoms with van der Waals surface area (Å²) in [5.74, 6) is -0.245. The fraction of sp³-hybridized carbons (Fsp3) is 0.389. The van der Waals surface area contributed by atoms with E-state index in [0.717, 1.165) is 5.56 Å². The van der Waals surface area contributed by atoms with Crippen molar-refractivity contribution in [2.45, 2.75) is 24.7 Å². The molecule has 2 heterocycles. The molecule has 1 saturated heterocycles. The lowest BCUT2D eigenvalue weighted by Crippen LogP contribution is -2.49. The standard InChI is InChI=1S/C18H22N4O4S/c1-13(2)14-3-5-15(6-4-14)27(25,26)22-9-7-21(8-10-22)17-12-19-16(11-20-17)18(23)24/h3-6,11-13H,7-10H2,1-2H3,(H,23,24). The molecule has 1 fully saturated rings. The zero-order valence-electron chi connectivity index (χ0n) is 15.2. The molecule has 9 heteroatoms. The first kappa shape index (κ1) is 19.2. The Bertz CT molecular complexity index is 903. The van der Waals surface area contributed by atoms with Crippen molar-refractivity contribution >= 4 is 21.8 Å². The Hall–Kier alpha value is -2.52. The van der Waals surface area contributed by atoms with Crippen LogP contribution in [0.2, 0.25) is 0 Å². The Balaban J connectivity index is 1.68. The van der Waals surface area contributed by atoms with Gasteiger partial charge in [0.25, 0.3) is 0 Å². The van der Waals surface area contributed by atoms with Crippen LogP contribution in [0, 0.1) is 0 Å². The quantitative estimate of drug-likeness (QED) is 0.830. The molecule has 0 atom stereocenters. The second-order valence-corrected chi connectivity index (χ2v) is 8.62. The number of carbonyl (C=O) groups is 1. The summed E-state index contributed by atoms with van der Waals surface area (Å²) >= 11 is 0. The molecule has 0 bridgehead atoms. The number of piperazine rings is 1. The molecule has 0 saturated carbocycles. The van der Waals surface area contributed by atoms with Crippen LogP contribution in [0.1, 0.15) is 35.8 Å². The molecule has 0 aliphatic carbocycles. The Kier molecular flexibility index (Phi) is 5.43. The van der Waals surface area contributed by atoms with Gasteiger partial charge in [0.05, 0.1) is 17.3 Å². The van der Waals surface area contributed by atoms with E-state index in [-0.39, 0.29) is 5.69 Å². The molecule has 1 aliphatic heterocycles. The van der Waals surface area contributed by atoms with Gasteiger partial charge in [-0.1, -0.05) is 26.0 Å². The summed E-state index contributed by atoms with van der Waals surface area (Å²) in [6, 6.07) is 7.03. The van der Waals surface area contributed by atoms with Gasteiger partial charge in [0.2, 0.25) is 10.0 Å². The van der Waals surface area contributed by atoms with Crippen molar-refractivity contribution in [3.63, 3.8) is 0 Å². The Morgan fingerprint density at radius 3 is 2.15 bits per heavy atom. The van der Waals surface area contributed by atoms with E-state index in [2.05, 4.69) is 23.8 Å². The van der Waals surface area contributed by atoms with Gasteiger partial charge >= 0.3 is 5.97 Å². The predicted octanol–water partition coefficient (Wildman–Crippen LogP) is 1.81. The molecule has 0 amide bonds. The minimum Gasteiger partial charge on any atom is -0.476 e. The third-order valence-electron chi connectivity index (χ3n) is 4.60. The van der Waals surface area contributed by atoms with Gasteiger partial charge in [0.15, 0.2) is 5.69 Å². The number of benzene rings is 1. The van der Waals surface area contributed by atoms with Crippen molar-refractivity contribution in [1.82, 2.24) is 14.3 Å². The van der Waals surface area contributed by atoms with E-state index in [4.69, 9.17) is 5.11 Å². The molecule has 3 rings (SSSR count). The first-order chi connectivity index (χ1) is 12.8. The minimum absolute atomic E-state index is 0.121. The Morgan fingerprint density at radius 2 is 1.67 bits per heavy atom. The average Bonchev–Trinajstić information content (AvgIpc) is 2.68. The molecule has 0 unspecified atom stereocenters. The molecule has 1 aromatic carbocycles. The second kappa shape index (κ2) is 7.61. The van der Waals surface area contributed by atoms with Crippen LogP contribution in [0.15, 0.2) is 41.6 Å². The van der Waals surface area contributed by atoms with E-state index in [1.54, 1.807) is 12.1 Å². The van der Waals surface area contributed by atoms with Crippen LogP contribution >= 0.6 is 0 Å². The number of carboxylic acids is 1. The van der Waals surface area contributed by atoms with Crippen LogP contribution in [0.4, 0.5) is 5.82 Å². The van der Waals surface area contributed by atoms with E-state index in [1.165, 1.54) is 16.7 Å². The van der Waals surface area contributed by atoms with Crippen molar-refractivity contribution in [3.8, 4) is 0 Å². The van der Waals surface area contributed by atoms with Gasteiger partial charge in [0.1, 0.15) is 5.82 Å². The van der Waals surface area contributed by atoms with Crippen LogP contribution in [0.5, 0.6) is 0 Å². The van der Waals surface area contributed by atoms with Gasteiger partial charge in [-0.3, -0.25) is 0 Å². The van der Waals surface area contributed by atoms with E-state index in [1.807, 2.05) is 17.0 Å². The number of anilines is 1. The summed E-state index contributed by atoms with van der Waals surface area (Å²) in [6.07, 6.45) is 2.61. The topological polar surface area (TPSA) is 104 Å². The number of hydrogen-bond acceptors (Lipinski definition) is 6. The summed E-state index contributed by atoms with van der Waals surface area (Å²) in [6.45, 7) is 5.71. The van der Waals surface area contributed by atoms with Crippen molar-refractivity contribution in [3.05, 3.63) is 47.9 Å². The van der Waals surface area contributed by atoms with E-state index < -0.39 is 16.0 Å². The highest BCUT2D eigenvalue weighted by molar-refractivity contribution is 7.89. The van der Waals surface area contributed by atoms with Crippen molar-refractivity contribution in [2.75, 3.05) is 31.1 Å². The third-order valence-corrected chi connectivity index (χ3v) is 6.52. The van der Waals surface area contributed by atoms with Gasteiger partial charge < -0.3 is 10.0 Å². The zero-order chi connectivity index (χ0) is 19.6. The van der Waals surface area contributed by atoms with Gasteiger partial charge in [-0.05, 0) is 23.6 Å². The molecule has 0 spiro atoms. The molecule has 1 aliphatic rings. The highest BCUT2D eigenvalue weighted by Crippen LogP contribution is 2.22. The molecule has 2 aromatic rings. The second-order valence-electron chi connectivity index (χ2n) is 6.68. The van der Waals surface area contributed by atoms with Gasteiger partial charge in [0, 0.05) is 26.2 Å². The highest BCUT2D eigenvalue weighted by atomic mass is 32.2. The summed E-state index contributed by atoms with van der Waals surface area (Å²) < 4.78 is 27.2. The fourth-order valence-corrected chi connectivity index (χ4v) is 4.35. The van der Waals surface area contributed by atoms with E-state index >= 15 is 0 Å². The first-order valence-corrected chi connectivity index (χ1v) is 10.1. The lowest BCUT2D eigenvalue weighted by Gasteiger charge is -2.34. The molecule has 1 N–H and O–H groups in total. The van der Waals surface area contributed by atoms with Crippen molar-refractivity contribution in [1.29, 1.82) is 0 Å². The average molecular weight is 390 g/mol. The van der Waals surface area contributed by atoms with Crippen molar-refractivity contribution in [2.24, 2.45) is 0 Å². The number of rotatable bonds is 5. The SMILES string of the molecule is CC(C)c1ccc(S(=O)(=O)N2CCN(c3cnc(C(=O)O)cn3)CC2)cc1. The maximum Gasteiger partial charge on any atom is 0.356 e. The van der Waals surface area contributed by atoms with Crippen LogP contribution in [-0.4, -0.2) is 59.9 Å². The molecule has 144 valence electrons. The van der Waals surface area contributed by atoms with Crippen LogP contribution in [-0.2, 0) is 10.0 Å². The zero-order valence-corrected chi connectivity index (χ0v) is 16.1. The molecular weight excluding hydrogens is 368 g/mol. The maximum atomic E-state index is 12.8. The lowest BCUT2D eigenvalue weighted by atomic mass is 10.0. The van der Waals surface area contributed by atoms with Crippen molar-refractivity contribution < 1.29 is 18.3 Å². The predicted molar refractivity (Wildman–Crippen MR) is 100 cm³/mol. The minimum atomic E-state index is -3.54. The summed E-state index contributed by atoms with van der Waals surface area (Å²) in [5.41, 5.74) is 0.979. The maximum absolute atomic E-state index is 12.8.